The van der Waals surface area contributed by atoms with Gasteiger partial charge < -0.3 is 0 Å². The van der Waals surface area contributed by atoms with Gasteiger partial charge in [0.05, 0.1) is 0 Å². The lowest BCUT2D eigenvalue weighted by Crippen LogP contribution is -1.95. The van der Waals surface area contributed by atoms with Crippen LogP contribution in [0.25, 0.3) is 0 Å². The molecule has 56 valence electrons. The van der Waals surface area contributed by atoms with Gasteiger partial charge in [0.2, 0.25) is 0 Å². The summed E-state index contributed by atoms with van der Waals surface area (Å²) in [5.41, 5.74) is 2.22. The van der Waals surface area contributed by atoms with Crippen LogP contribution >= 0.6 is 0 Å². The summed E-state index contributed by atoms with van der Waals surface area (Å²) in [7, 11) is 0. The Morgan fingerprint density at radius 2 is 2.18 bits per heavy atom. The highest BCUT2D eigenvalue weighted by atomic mass is 15.0. The van der Waals surface area contributed by atoms with Crippen molar-refractivity contribution in [3.8, 4) is 0 Å². The van der Waals surface area contributed by atoms with Crippen LogP contribution in [0.5, 0.6) is 0 Å². The quantitative estimate of drug-likeness (QED) is 0.559. The van der Waals surface area contributed by atoms with E-state index in [1.165, 1.54) is 5.56 Å². The summed E-state index contributed by atoms with van der Waals surface area (Å²) < 4.78 is 0. The van der Waals surface area contributed by atoms with E-state index in [0.717, 1.165) is 11.5 Å². The molecule has 11 heavy (non-hydrogen) atoms. The minimum Gasteiger partial charge on any atom is -0.241 e. The van der Waals surface area contributed by atoms with Gasteiger partial charge in [-0.25, -0.2) is 15.0 Å². The molecule has 1 unspecified atom stereocenters. The van der Waals surface area contributed by atoms with E-state index in [1.54, 1.807) is 6.33 Å². The monoisotopic (exact) mass is 147 g/mol. The number of aliphatic imine (C=N–C) groups is 1. The Kier molecular flexibility index (Phi) is 1.24. The second-order valence-corrected chi connectivity index (χ2v) is 2.76. The SMILES string of the molecule is Cc1ncnc2c1C(C)C=N2. The zero-order valence-corrected chi connectivity index (χ0v) is 6.57. The summed E-state index contributed by atoms with van der Waals surface area (Å²) in [4.78, 5) is 12.3. The van der Waals surface area contributed by atoms with Crippen molar-refractivity contribution in [3.63, 3.8) is 0 Å². The van der Waals surface area contributed by atoms with Crippen LogP contribution in [0.2, 0.25) is 0 Å². The van der Waals surface area contributed by atoms with Gasteiger partial charge in [-0.3, -0.25) is 0 Å². The molecule has 0 spiro atoms. The fourth-order valence-electron chi connectivity index (χ4n) is 1.36. The van der Waals surface area contributed by atoms with E-state index in [0.29, 0.717) is 5.92 Å². The van der Waals surface area contributed by atoms with E-state index in [1.807, 2.05) is 13.1 Å². The van der Waals surface area contributed by atoms with Gasteiger partial charge in [0.15, 0.2) is 5.82 Å². The Labute approximate surface area is 65.2 Å². The number of aromatic nitrogens is 2. The van der Waals surface area contributed by atoms with Crippen molar-refractivity contribution in [2.45, 2.75) is 19.8 Å². The maximum absolute atomic E-state index is 4.16. The fraction of sp³-hybridized carbons (Fsp3) is 0.375. The summed E-state index contributed by atoms with van der Waals surface area (Å²) in [5.74, 6) is 1.22. The predicted molar refractivity (Wildman–Crippen MR) is 43.3 cm³/mol. The summed E-state index contributed by atoms with van der Waals surface area (Å²) in [6.45, 7) is 4.09. The van der Waals surface area contributed by atoms with Gasteiger partial charge in [-0.15, -0.1) is 0 Å². The maximum Gasteiger partial charge on any atom is 0.158 e. The first-order valence-corrected chi connectivity index (χ1v) is 3.64. The molecule has 0 aliphatic carbocycles. The molecular formula is C8H9N3. The van der Waals surface area contributed by atoms with E-state index in [4.69, 9.17) is 0 Å². The maximum atomic E-state index is 4.16. The molecule has 3 nitrogen and oxygen atoms in total. The van der Waals surface area contributed by atoms with Crippen LogP contribution in [-0.4, -0.2) is 16.2 Å². The van der Waals surface area contributed by atoms with Crippen molar-refractivity contribution in [3.05, 3.63) is 17.6 Å². The number of aryl methyl sites for hydroxylation is 1. The topological polar surface area (TPSA) is 38.1 Å². The van der Waals surface area contributed by atoms with E-state index >= 15 is 0 Å². The predicted octanol–water partition coefficient (Wildman–Crippen LogP) is 1.60. The Bertz CT molecular complexity index is 317. The average molecular weight is 147 g/mol. The molecule has 1 atom stereocenters. The first-order valence-electron chi connectivity index (χ1n) is 3.64. The molecule has 0 saturated heterocycles. The Morgan fingerprint density at radius 1 is 1.36 bits per heavy atom. The summed E-state index contributed by atoms with van der Waals surface area (Å²) in [6, 6.07) is 0. The first-order chi connectivity index (χ1) is 5.29. The molecule has 0 saturated carbocycles. The first kappa shape index (κ1) is 6.46. The normalized spacial score (nSPS) is 20.4. The van der Waals surface area contributed by atoms with E-state index in [2.05, 4.69) is 21.9 Å². The Morgan fingerprint density at radius 3 is 2.91 bits per heavy atom. The molecule has 1 aromatic rings. The van der Waals surface area contributed by atoms with Crippen LogP contribution in [0.1, 0.15) is 24.1 Å². The number of fused-ring (bicyclic) bond motifs is 1. The second kappa shape index (κ2) is 2.12. The third-order valence-electron chi connectivity index (χ3n) is 1.94. The molecule has 3 heteroatoms. The second-order valence-electron chi connectivity index (χ2n) is 2.76. The standard InChI is InChI=1S/C8H9N3/c1-5-3-9-8-7(5)6(2)10-4-11-8/h3-5H,1-2H3. The summed E-state index contributed by atoms with van der Waals surface area (Å²) >= 11 is 0. The van der Waals surface area contributed by atoms with Crippen LogP contribution in [0.4, 0.5) is 5.82 Å². The molecule has 0 amide bonds. The van der Waals surface area contributed by atoms with Crippen molar-refractivity contribution in [2.24, 2.45) is 4.99 Å². The molecule has 0 fully saturated rings. The molecule has 0 bridgehead atoms. The van der Waals surface area contributed by atoms with Gasteiger partial charge in [0.1, 0.15) is 6.33 Å². The van der Waals surface area contributed by atoms with Gasteiger partial charge in [0.25, 0.3) is 0 Å². The molecule has 1 aromatic heterocycles. The van der Waals surface area contributed by atoms with Gasteiger partial charge in [-0.1, -0.05) is 6.92 Å². The molecular weight excluding hydrogens is 138 g/mol. The smallest absolute Gasteiger partial charge is 0.158 e. The Balaban J connectivity index is 2.65. The van der Waals surface area contributed by atoms with Crippen molar-refractivity contribution in [1.29, 1.82) is 0 Å². The van der Waals surface area contributed by atoms with Crippen molar-refractivity contribution in [2.75, 3.05) is 0 Å². The lowest BCUT2D eigenvalue weighted by Gasteiger charge is -2.03. The molecule has 0 N–H and O–H groups in total. The molecule has 2 heterocycles. The molecule has 0 aromatic carbocycles. The third kappa shape index (κ3) is 0.843. The zero-order chi connectivity index (χ0) is 7.84. The van der Waals surface area contributed by atoms with Crippen molar-refractivity contribution in [1.82, 2.24) is 9.97 Å². The third-order valence-corrected chi connectivity index (χ3v) is 1.94. The molecule has 1 aliphatic rings. The largest absolute Gasteiger partial charge is 0.241 e. The number of rotatable bonds is 0. The minimum atomic E-state index is 0.381. The lowest BCUT2D eigenvalue weighted by molar-refractivity contribution is 0.981. The van der Waals surface area contributed by atoms with Crippen LogP contribution in [0.15, 0.2) is 11.3 Å². The van der Waals surface area contributed by atoms with Gasteiger partial charge in [0, 0.05) is 23.4 Å². The average Bonchev–Trinajstić information content (AvgIpc) is 2.34. The van der Waals surface area contributed by atoms with E-state index in [9.17, 15) is 0 Å². The number of hydrogen-bond acceptors (Lipinski definition) is 3. The summed E-state index contributed by atoms with van der Waals surface area (Å²) in [6.07, 6.45) is 3.47. The number of nitrogens with zero attached hydrogens (tertiary/aromatic N) is 3. The highest BCUT2D eigenvalue weighted by molar-refractivity contribution is 5.78. The van der Waals surface area contributed by atoms with Crippen LogP contribution in [0.3, 0.4) is 0 Å². The van der Waals surface area contributed by atoms with Gasteiger partial charge in [-0.2, -0.15) is 0 Å². The van der Waals surface area contributed by atoms with E-state index in [-0.39, 0.29) is 0 Å². The summed E-state index contributed by atoms with van der Waals surface area (Å²) in [5, 5.41) is 0. The minimum absolute atomic E-state index is 0.381. The van der Waals surface area contributed by atoms with Crippen molar-refractivity contribution >= 4 is 12.0 Å². The highest BCUT2D eigenvalue weighted by Gasteiger charge is 2.17. The molecule has 2 rings (SSSR count). The van der Waals surface area contributed by atoms with Crippen LogP contribution in [0, 0.1) is 6.92 Å². The highest BCUT2D eigenvalue weighted by Crippen LogP contribution is 2.30. The van der Waals surface area contributed by atoms with Crippen LogP contribution in [-0.2, 0) is 0 Å². The van der Waals surface area contributed by atoms with Gasteiger partial charge in [-0.05, 0) is 6.92 Å². The fourth-order valence-corrected chi connectivity index (χ4v) is 1.36. The van der Waals surface area contributed by atoms with Crippen molar-refractivity contribution < 1.29 is 0 Å². The Hall–Kier alpha value is -1.25. The molecule has 0 radical (unpaired) electrons. The number of hydrogen-bond donors (Lipinski definition) is 0. The zero-order valence-electron chi connectivity index (χ0n) is 6.57. The van der Waals surface area contributed by atoms with Gasteiger partial charge >= 0.3 is 0 Å². The molecule has 1 aliphatic heterocycles. The lowest BCUT2D eigenvalue weighted by atomic mass is 10.0. The van der Waals surface area contributed by atoms with E-state index < -0.39 is 0 Å². The van der Waals surface area contributed by atoms with Crippen LogP contribution < -0.4 is 0 Å².